The highest BCUT2D eigenvalue weighted by molar-refractivity contribution is 6.06. The van der Waals surface area contributed by atoms with Gasteiger partial charge in [0.15, 0.2) is 0 Å². The van der Waals surface area contributed by atoms with Gasteiger partial charge in [-0.15, -0.1) is 0 Å². The number of fused-ring (bicyclic) bond motifs is 1. The summed E-state index contributed by atoms with van der Waals surface area (Å²) in [6.45, 7) is 0.340. The van der Waals surface area contributed by atoms with E-state index in [1.54, 1.807) is 0 Å². The zero-order valence-corrected chi connectivity index (χ0v) is 12.8. The van der Waals surface area contributed by atoms with Crippen molar-refractivity contribution in [3.8, 4) is 0 Å². The van der Waals surface area contributed by atoms with Crippen LogP contribution in [-0.2, 0) is 0 Å². The monoisotopic (exact) mass is 297 g/mol. The normalized spacial score (nSPS) is 17.3. The molecule has 0 aliphatic heterocycles. The molecule has 3 nitrogen and oxygen atoms in total. The van der Waals surface area contributed by atoms with E-state index in [9.17, 15) is 9.90 Å². The molecule has 0 aromatic heterocycles. The molecule has 0 spiro atoms. The summed E-state index contributed by atoms with van der Waals surface area (Å²) in [4.78, 5) is 12.4. The average molecular weight is 297 g/mol. The van der Waals surface area contributed by atoms with E-state index in [1.165, 1.54) is 19.3 Å². The van der Waals surface area contributed by atoms with E-state index in [0.717, 1.165) is 23.6 Å². The molecule has 1 saturated carbocycles. The van der Waals surface area contributed by atoms with Gasteiger partial charge in [0.1, 0.15) is 0 Å². The predicted molar refractivity (Wildman–Crippen MR) is 88.9 cm³/mol. The molecule has 0 saturated heterocycles. The Morgan fingerprint density at radius 2 is 1.82 bits per heavy atom. The Labute approximate surface area is 131 Å². The number of carbonyl (C=O) groups is 1. The van der Waals surface area contributed by atoms with E-state index in [4.69, 9.17) is 0 Å². The largest absolute Gasteiger partial charge is 0.391 e. The van der Waals surface area contributed by atoms with Gasteiger partial charge in [-0.1, -0.05) is 55.7 Å². The fourth-order valence-corrected chi connectivity index (χ4v) is 3.40. The quantitative estimate of drug-likeness (QED) is 0.907. The Morgan fingerprint density at radius 1 is 1.09 bits per heavy atom. The highest BCUT2D eigenvalue weighted by atomic mass is 16.3. The molecule has 1 atom stereocenters. The van der Waals surface area contributed by atoms with Crippen LogP contribution >= 0.6 is 0 Å². The summed E-state index contributed by atoms with van der Waals surface area (Å²) in [6, 6.07) is 13.6. The van der Waals surface area contributed by atoms with Gasteiger partial charge in [0, 0.05) is 12.1 Å². The molecule has 1 unspecified atom stereocenters. The van der Waals surface area contributed by atoms with Crippen molar-refractivity contribution in [1.82, 2.24) is 5.32 Å². The summed E-state index contributed by atoms with van der Waals surface area (Å²) in [5.74, 6) is 0.230. The van der Waals surface area contributed by atoms with E-state index in [0.29, 0.717) is 18.0 Å². The summed E-state index contributed by atoms with van der Waals surface area (Å²) < 4.78 is 0. The number of hydrogen-bond donors (Lipinski definition) is 2. The Hall–Kier alpha value is -1.87. The average Bonchev–Trinajstić information content (AvgIpc) is 2.59. The van der Waals surface area contributed by atoms with Gasteiger partial charge in [-0.05, 0) is 35.6 Å². The molecular formula is C19H23NO2. The van der Waals surface area contributed by atoms with Crippen molar-refractivity contribution in [2.24, 2.45) is 5.92 Å². The zero-order chi connectivity index (χ0) is 15.4. The fourth-order valence-electron chi connectivity index (χ4n) is 3.40. The summed E-state index contributed by atoms with van der Waals surface area (Å²) in [5, 5.41) is 15.2. The SMILES string of the molecule is O=C(NCC(O)C1CCCCC1)c1cccc2ccccc12. The highest BCUT2D eigenvalue weighted by Gasteiger charge is 2.22. The Morgan fingerprint density at radius 3 is 2.64 bits per heavy atom. The van der Waals surface area contributed by atoms with Gasteiger partial charge < -0.3 is 10.4 Å². The maximum absolute atomic E-state index is 12.4. The van der Waals surface area contributed by atoms with Crippen LogP contribution in [0.4, 0.5) is 0 Å². The summed E-state index contributed by atoms with van der Waals surface area (Å²) in [6.07, 6.45) is 5.37. The van der Waals surface area contributed by atoms with Crippen LogP contribution in [0.3, 0.4) is 0 Å². The summed E-state index contributed by atoms with van der Waals surface area (Å²) in [7, 11) is 0. The van der Waals surface area contributed by atoms with Crippen LogP contribution in [0.5, 0.6) is 0 Å². The molecule has 3 heteroatoms. The number of carbonyl (C=O) groups excluding carboxylic acids is 1. The minimum atomic E-state index is -0.431. The number of hydrogen-bond acceptors (Lipinski definition) is 2. The third-order valence-electron chi connectivity index (χ3n) is 4.70. The molecule has 116 valence electrons. The Balaban J connectivity index is 1.66. The molecule has 1 aliphatic rings. The van der Waals surface area contributed by atoms with Crippen molar-refractivity contribution in [3.05, 3.63) is 48.0 Å². The number of amides is 1. The minimum Gasteiger partial charge on any atom is -0.391 e. The number of aliphatic hydroxyl groups is 1. The molecule has 1 amide bonds. The molecule has 3 rings (SSSR count). The third-order valence-corrected chi connectivity index (χ3v) is 4.70. The molecule has 0 radical (unpaired) electrons. The first-order chi connectivity index (χ1) is 10.8. The van der Waals surface area contributed by atoms with Crippen LogP contribution in [0, 0.1) is 5.92 Å². The number of benzene rings is 2. The van der Waals surface area contributed by atoms with Crippen molar-refractivity contribution in [1.29, 1.82) is 0 Å². The van der Waals surface area contributed by atoms with Crippen molar-refractivity contribution in [2.75, 3.05) is 6.54 Å². The predicted octanol–water partition coefficient (Wildman–Crippen LogP) is 3.51. The van der Waals surface area contributed by atoms with Crippen LogP contribution in [0.2, 0.25) is 0 Å². The van der Waals surface area contributed by atoms with Crippen LogP contribution in [0.25, 0.3) is 10.8 Å². The zero-order valence-electron chi connectivity index (χ0n) is 12.8. The molecular weight excluding hydrogens is 274 g/mol. The van der Waals surface area contributed by atoms with E-state index in [-0.39, 0.29) is 5.91 Å². The van der Waals surface area contributed by atoms with Gasteiger partial charge in [-0.25, -0.2) is 0 Å². The minimum absolute atomic E-state index is 0.105. The van der Waals surface area contributed by atoms with E-state index in [2.05, 4.69) is 5.32 Å². The van der Waals surface area contributed by atoms with Crippen LogP contribution in [-0.4, -0.2) is 23.7 Å². The summed E-state index contributed by atoms with van der Waals surface area (Å²) in [5.41, 5.74) is 0.675. The standard InChI is InChI=1S/C19H23NO2/c21-18(15-8-2-1-3-9-15)13-20-19(22)17-12-6-10-14-7-4-5-11-16(14)17/h4-7,10-12,15,18,21H,1-3,8-9,13H2,(H,20,22). The molecule has 1 fully saturated rings. The second-order valence-electron chi connectivity index (χ2n) is 6.20. The highest BCUT2D eigenvalue weighted by Crippen LogP contribution is 2.26. The van der Waals surface area contributed by atoms with Gasteiger partial charge in [-0.2, -0.15) is 0 Å². The van der Waals surface area contributed by atoms with E-state index < -0.39 is 6.10 Å². The topological polar surface area (TPSA) is 49.3 Å². The van der Waals surface area contributed by atoms with Crippen LogP contribution < -0.4 is 5.32 Å². The smallest absolute Gasteiger partial charge is 0.252 e. The van der Waals surface area contributed by atoms with Gasteiger partial charge in [-0.3, -0.25) is 4.79 Å². The molecule has 2 aromatic rings. The number of aliphatic hydroxyl groups excluding tert-OH is 1. The first-order valence-electron chi connectivity index (χ1n) is 8.20. The summed E-state index contributed by atoms with van der Waals surface area (Å²) >= 11 is 0. The van der Waals surface area contributed by atoms with Gasteiger partial charge in [0.2, 0.25) is 0 Å². The molecule has 1 aliphatic carbocycles. The lowest BCUT2D eigenvalue weighted by molar-refractivity contribution is 0.0739. The van der Waals surface area contributed by atoms with Crippen LogP contribution in [0.15, 0.2) is 42.5 Å². The maximum atomic E-state index is 12.4. The Bertz CT molecular complexity index is 641. The maximum Gasteiger partial charge on any atom is 0.252 e. The van der Waals surface area contributed by atoms with E-state index >= 15 is 0 Å². The molecule has 2 N–H and O–H groups in total. The second kappa shape index (κ2) is 6.93. The van der Waals surface area contributed by atoms with Gasteiger partial charge in [0.05, 0.1) is 6.10 Å². The van der Waals surface area contributed by atoms with Crippen LogP contribution in [0.1, 0.15) is 42.5 Å². The van der Waals surface area contributed by atoms with Crippen molar-refractivity contribution < 1.29 is 9.90 Å². The molecule has 0 bridgehead atoms. The Kier molecular flexibility index (Phi) is 4.74. The van der Waals surface area contributed by atoms with Gasteiger partial charge in [0.25, 0.3) is 5.91 Å². The van der Waals surface area contributed by atoms with E-state index in [1.807, 2.05) is 42.5 Å². The van der Waals surface area contributed by atoms with Crippen molar-refractivity contribution in [2.45, 2.75) is 38.2 Å². The fraction of sp³-hybridized carbons (Fsp3) is 0.421. The van der Waals surface area contributed by atoms with Crippen molar-refractivity contribution in [3.63, 3.8) is 0 Å². The second-order valence-corrected chi connectivity index (χ2v) is 6.20. The van der Waals surface area contributed by atoms with Gasteiger partial charge >= 0.3 is 0 Å². The first-order valence-corrected chi connectivity index (χ1v) is 8.20. The first kappa shape index (κ1) is 15.0. The molecule has 2 aromatic carbocycles. The lowest BCUT2D eigenvalue weighted by Crippen LogP contribution is -2.37. The van der Waals surface area contributed by atoms with Crippen molar-refractivity contribution >= 4 is 16.7 Å². The molecule has 22 heavy (non-hydrogen) atoms. The molecule has 0 heterocycles. The number of rotatable bonds is 4. The third kappa shape index (κ3) is 3.30. The number of nitrogens with one attached hydrogen (secondary N) is 1. The lowest BCUT2D eigenvalue weighted by Gasteiger charge is -2.26. The lowest BCUT2D eigenvalue weighted by atomic mass is 9.85.